The molecule has 2 aromatic rings. The van der Waals surface area contributed by atoms with Crippen molar-refractivity contribution in [3.05, 3.63) is 16.9 Å². The average molecular weight is 424 g/mol. The number of carbonyl (C=O) groups excluding carboxylic acids is 1. The van der Waals surface area contributed by atoms with Crippen molar-refractivity contribution in [2.45, 2.75) is 32.7 Å². The Balaban J connectivity index is 1.98. The molecule has 3 heterocycles. The Hall–Kier alpha value is -2.29. The Labute approximate surface area is 159 Å². The molecule has 1 aliphatic rings. The van der Waals surface area contributed by atoms with Crippen molar-refractivity contribution in [3.63, 3.8) is 0 Å². The lowest BCUT2D eigenvalue weighted by molar-refractivity contribution is -0.118. The van der Waals surface area contributed by atoms with Gasteiger partial charge in [0.05, 0.1) is 21.2 Å². The second-order valence-electron chi connectivity index (χ2n) is 6.76. The van der Waals surface area contributed by atoms with E-state index in [9.17, 15) is 9.59 Å². The fraction of sp³-hybridized carbons (Fsp3) is 0.471. The Morgan fingerprint density at radius 1 is 1.46 bits per heavy atom. The molecule has 8 nitrogen and oxygen atoms in total. The van der Waals surface area contributed by atoms with Crippen molar-refractivity contribution < 1.29 is 14.7 Å². The first-order valence-corrected chi connectivity index (χ1v) is 9.37. The smallest absolute Gasteiger partial charge is 0.404 e. The van der Waals surface area contributed by atoms with Gasteiger partial charge in [0.1, 0.15) is 5.65 Å². The van der Waals surface area contributed by atoms with Gasteiger partial charge < -0.3 is 25.6 Å². The van der Waals surface area contributed by atoms with Crippen molar-refractivity contribution in [2.75, 3.05) is 23.3 Å². The molecule has 140 valence electrons. The fourth-order valence-corrected chi connectivity index (χ4v) is 3.76. The number of piperidine rings is 1. The number of anilines is 2. The topological polar surface area (TPSA) is 110 Å². The van der Waals surface area contributed by atoms with Gasteiger partial charge >= 0.3 is 6.09 Å². The van der Waals surface area contributed by atoms with Crippen LogP contribution >= 0.6 is 15.9 Å². The largest absolute Gasteiger partial charge is 0.465 e. The lowest BCUT2D eigenvalue weighted by Crippen LogP contribution is -2.47. The molecule has 0 spiro atoms. The highest BCUT2D eigenvalue weighted by Gasteiger charge is 2.26. The van der Waals surface area contributed by atoms with Gasteiger partial charge in [-0.05, 0) is 28.8 Å². The molecule has 4 N–H and O–H groups in total. The van der Waals surface area contributed by atoms with Gasteiger partial charge in [0.15, 0.2) is 0 Å². The number of carbonyl (C=O) groups is 2. The van der Waals surface area contributed by atoms with E-state index in [1.54, 1.807) is 12.4 Å². The molecule has 0 aromatic carbocycles. The molecule has 26 heavy (non-hydrogen) atoms. The number of amides is 2. The Morgan fingerprint density at radius 2 is 2.23 bits per heavy atom. The van der Waals surface area contributed by atoms with Crippen LogP contribution in [0.15, 0.2) is 16.9 Å². The molecule has 0 aliphatic carbocycles. The summed E-state index contributed by atoms with van der Waals surface area (Å²) < 4.78 is 0.806. The van der Waals surface area contributed by atoms with Crippen LogP contribution in [0.5, 0.6) is 0 Å². The zero-order valence-corrected chi connectivity index (χ0v) is 16.3. The molecule has 0 saturated carbocycles. The summed E-state index contributed by atoms with van der Waals surface area (Å²) >= 11 is 3.57. The summed E-state index contributed by atoms with van der Waals surface area (Å²) in [5.41, 5.74) is 2.26. The van der Waals surface area contributed by atoms with Crippen LogP contribution in [-0.4, -0.2) is 46.2 Å². The SMILES string of the molecule is CC(C)C(=O)Nc1c[nH]c2ncc(Br)c(N3CCCC(NC(=O)O)C3)c12. The second kappa shape index (κ2) is 7.53. The Kier molecular flexibility index (Phi) is 5.36. The van der Waals surface area contributed by atoms with Crippen molar-refractivity contribution in [2.24, 2.45) is 5.92 Å². The number of nitrogens with zero attached hydrogens (tertiary/aromatic N) is 2. The van der Waals surface area contributed by atoms with Crippen LogP contribution in [0.2, 0.25) is 0 Å². The number of aromatic nitrogens is 2. The minimum Gasteiger partial charge on any atom is -0.465 e. The number of halogens is 1. The maximum atomic E-state index is 12.2. The van der Waals surface area contributed by atoms with Crippen molar-refractivity contribution in [3.8, 4) is 0 Å². The summed E-state index contributed by atoms with van der Waals surface area (Å²) in [7, 11) is 0. The van der Waals surface area contributed by atoms with Crippen LogP contribution in [0.3, 0.4) is 0 Å². The van der Waals surface area contributed by atoms with Crippen LogP contribution in [0.4, 0.5) is 16.2 Å². The Morgan fingerprint density at radius 3 is 2.92 bits per heavy atom. The highest BCUT2D eigenvalue weighted by atomic mass is 79.9. The van der Waals surface area contributed by atoms with Gasteiger partial charge in [-0.25, -0.2) is 9.78 Å². The van der Waals surface area contributed by atoms with Gasteiger partial charge in [0.2, 0.25) is 5.91 Å². The van der Waals surface area contributed by atoms with Gasteiger partial charge in [-0.1, -0.05) is 13.8 Å². The van der Waals surface area contributed by atoms with Crippen molar-refractivity contribution in [1.82, 2.24) is 15.3 Å². The number of H-pyrrole nitrogens is 1. The van der Waals surface area contributed by atoms with Gasteiger partial charge in [-0.15, -0.1) is 0 Å². The average Bonchev–Trinajstić information content (AvgIpc) is 2.97. The van der Waals surface area contributed by atoms with E-state index in [0.717, 1.165) is 34.9 Å². The first-order valence-electron chi connectivity index (χ1n) is 8.57. The molecule has 1 aliphatic heterocycles. The van der Waals surface area contributed by atoms with E-state index in [4.69, 9.17) is 5.11 Å². The van der Waals surface area contributed by atoms with Crippen LogP contribution < -0.4 is 15.5 Å². The molecule has 1 saturated heterocycles. The molecule has 1 unspecified atom stereocenters. The molecular formula is C17H22BrN5O3. The monoisotopic (exact) mass is 423 g/mol. The van der Waals surface area contributed by atoms with Crippen LogP contribution in [0.1, 0.15) is 26.7 Å². The normalized spacial score (nSPS) is 17.5. The molecule has 9 heteroatoms. The van der Waals surface area contributed by atoms with E-state index in [2.05, 4.69) is 41.4 Å². The lowest BCUT2D eigenvalue weighted by Gasteiger charge is -2.35. The first kappa shape index (κ1) is 18.5. The number of nitrogens with one attached hydrogen (secondary N) is 3. The molecule has 0 radical (unpaired) electrons. The summed E-state index contributed by atoms with van der Waals surface area (Å²) in [5, 5.41) is 15.4. The number of aromatic amines is 1. The van der Waals surface area contributed by atoms with Gasteiger partial charge in [-0.2, -0.15) is 0 Å². The van der Waals surface area contributed by atoms with E-state index in [1.807, 2.05) is 13.8 Å². The molecule has 1 fully saturated rings. The van der Waals surface area contributed by atoms with E-state index in [0.29, 0.717) is 17.9 Å². The number of hydrogen-bond donors (Lipinski definition) is 4. The quantitative estimate of drug-likeness (QED) is 0.603. The lowest BCUT2D eigenvalue weighted by atomic mass is 10.0. The van der Waals surface area contributed by atoms with E-state index in [1.165, 1.54) is 0 Å². The number of rotatable bonds is 4. The molecular weight excluding hydrogens is 402 g/mol. The molecule has 3 rings (SSSR count). The van der Waals surface area contributed by atoms with Gasteiger partial charge in [0, 0.05) is 37.4 Å². The summed E-state index contributed by atoms with van der Waals surface area (Å²) in [6.45, 7) is 5.04. The first-order chi connectivity index (χ1) is 12.4. The van der Waals surface area contributed by atoms with Gasteiger partial charge in [0.25, 0.3) is 0 Å². The van der Waals surface area contributed by atoms with Crippen LogP contribution in [0, 0.1) is 5.92 Å². The van der Waals surface area contributed by atoms with Crippen LogP contribution in [0.25, 0.3) is 11.0 Å². The maximum absolute atomic E-state index is 12.2. The minimum absolute atomic E-state index is 0.0686. The fourth-order valence-electron chi connectivity index (χ4n) is 3.21. The summed E-state index contributed by atoms with van der Waals surface area (Å²) in [6, 6.07) is -0.135. The number of carboxylic acid groups (broad SMARTS) is 1. The van der Waals surface area contributed by atoms with E-state index < -0.39 is 6.09 Å². The third-order valence-electron chi connectivity index (χ3n) is 4.48. The number of pyridine rings is 1. The standard InChI is InChI=1S/C17H22BrN5O3/c1-9(2)16(24)22-12-7-20-15-13(12)14(11(18)6-19-15)23-5-3-4-10(8-23)21-17(25)26/h6-7,9-10,21H,3-5,8H2,1-2H3,(H,19,20)(H,22,24)(H,25,26). The van der Waals surface area contributed by atoms with E-state index in [-0.39, 0.29) is 17.9 Å². The highest BCUT2D eigenvalue weighted by molar-refractivity contribution is 9.10. The van der Waals surface area contributed by atoms with Crippen molar-refractivity contribution >= 4 is 50.3 Å². The summed E-state index contributed by atoms with van der Waals surface area (Å²) in [4.78, 5) is 32.8. The predicted octanol–water partition coefficient (Wildman–Crippen LogP) is 3.16. The van der Waals surface area contributed by atoms with Gasteiger partial charge in [-0.3, -0.25) is 4.79 Å². The maximum Gasteiger partial charge on any atom is 0.404 e. The minimum atomic E-state index is -1.01. The van der Waals surface area contributed by atoms with E-state index >= 15 is 0 Å². The number of fused-ring (bicyclic) bond motifs is 1. The zero-order chi connectivity index (χ0) is 18.8. The summed E-state index contributed by atoms with van der Waals surface area (Å²) in [6.07, 6.45) is 4.13. The molecule has 0 bridgehead atoms. The molecule has 1 atom stereocenters. The molecule has 2 aromatic heterocycles. The predicted molar refractivity (Wildman–Crippen MR) is 104 cm³/mol. The third-order valence-corrected chi connectivity index (χ3v) is 5.06. The zero-order valence-electron chi connectivity index (χ0n) is 14.7. The Bertz CT molecular complexity index is 835. The van der Waals surface area contributed by atoms with Crippen LogP contribution in [-0.2, 0) is 4.79 Å². The highest BCUT2D eigenvalue weighted by Crippen LogP contribution is 2.39. The third kappa shape index (κ3) is 3.77. The molecule has 2 amide bonds. The van der Waals surface area contributed by atoms with Crippen molar-refractivity contribution in [1.29, 1.82) is 0 Å². The number of hydrogen-bond acceptors (Lipinski definition) is 4. The second-order valence-corrected chi connectivity index (χ2v) is 7.61. The summed E-state index contributed by atoms with van der Waals surface area (Å²) in [5.74, 6) is -0.205.